The Hall–Kier alpha value is -3.03. The molecular formula is C20H19F2N5O. The van der Waals surface area contributed by atoms with Crippen molar-refractivity contribution in [1.29, 1.82) is 0 Å². The summed E-state index contributed by atoms with van der Waals surface area (Å²) in [4.78, 5) is 4.70. The van der Waals surface area contributed by atoms with E-state index in [9.17, 15) is 8.78 Å². The molecule has 0 spiro atoms. The highest BCUT2D eigenvalue weighted by Gasteiger charge is 2.45. The fourth-order valence-corrected chi connectivity index (χ4v) is 4.15. The van der Waals surface area contributed by atoms with Crippen LogP contribution in [0.2, 0.25) is 0 Å². The van der Waals surface area contributed by atoms with Gasteiger partial charge >= 0.3 is 0 Å². The smallest absolute Gasteiger partial charge is 0.248 e. The number of hydrogen-bond donors (Lipinski definition) is 1. The molecule has 0 unspecified atom stereocenters. The molecule has 0 aromatic carbocycles. The first-order chi connectivity index (χ1) is 13.4. The van der Waals surface area contributed by atoms with E-state index in [1.54, 1.807) is 18.6 Å². The van der Waals surface area contributed by atoms with Gasteiger partial charge in [0.15, 0.2) is 0 Å². The van der Waals surface area contributed by atoms with Crippen LogP contribution in [0.4, 0.5) is 8.78 Å². The summed E-state index contributed by atoms with van der Waals surface area (Å²) in [6.45, 7) is 4.30. The Morgan fingerprint density at radius 2 is 2.07 bits per heavy atom. The van der Waals surface area contributed by atoms with Gasteiger partial charge in [0.25, 0.3) is 0 Å². The fraction of sp³-hybridized carbons (Fsp3) is 0.350. The predicted octanol–water partition coefficient (Wildman–Crippen LogP) is 4.74. The molecule has 1 saturated carbocycles. The van der Waals surface area contributed by atoms with Crippen molar-refractivity contribution in [3.05, 3.63) is 42.3 Å². The van der Waals surface area contributed by atoms with Gasteiger partial charge in [-0.15, -0.1) is 0 Å². The van der Waals surface area contributed by atoms with Gasteiger partial charge in [-0.25, -0.2) is 8.78 Å². The summed E-state index contributed by atoms with van der Waals surface area (Å²) < 4.78 is 34.0. The van der Waals surface area contributed by atoms with Gasteiger partial charge in [0.2, 0.25) is 5.92 Å². The lowest BCUT2D eigenvalue weighted by molar-refractivity contribution is -0.113. The molecule has 5 rings (SSSR count). The topological polar surface area (TPSA) is 72.5 Å². The lowest BCUT2D eigenvalue weighted by atomic mass is 9.81. The van der Waals surface area contributed by atoms with E-state index < -0.39 is 5.92 Å². The summed E-state index contributed by atoms with van der Waals surface area (Å²) in [5, 5.41) is 10.9. The second-order valence-corrected chi connectivity index (χ2v) is 7.60. The standard InChI is InChI=1S/C20H19F2N5O/c1-11-18(12(2)28-26-11)14-3-17-19(23-6-14)16(15-7-24-25-8-15)10-27(17)9-13-4-20(21,22)5-13/h3,6-8,10,13H,4-5,9H2,1-2H3,(H,24,25). The van der Waals surface area contributed by atoms with Crippen molar-refractivity contribution in [3.63, 3.8) is 0 Å². The van der Waals surface area contributed by atoms with Crippen LogP contribution in [0.5, 0.6) is 0 Å². The summed E-state index contributed by atoms with van der Waals surface area (Å²) in [5.41, 5.74) is 6.20. The van der Waals surface area contributed by atoms with Crippen LogP contribution < -0.4 is 0 Å². The van der Waals surface area contributed by atoms with Gasteiger partial charge in [-0.05, 0) is 25.8 Å². The Kier molecular flexibility index (Phi) is 3.65. The summed E-state index contributed by atoms with van der Waals surface area (Å²) in [7, 11) is 0. The molecule has 0 saturated heterocycles. The van der Waals surface area contributed by atoms with Crippen LogP contribution in [0.15, 0.2) is 35.4 Å². The maximum absolute atomic E-state index is 13.3. The number of alkyl halides is 2. The molecule has 1 aliphatic carbocycles. The highest BCUT2D eigenvalue weighted by molar-refractivity contribution is 5.94. The van der Waals surface area contributed by atoms with Gasteiger partial charge in [0, 0.05) is 60.2 Å². The number of nitrogens with zero attached hydrogens (tertiary/aromatic N) is 4. The molecule has 1 N–H and O–H groups in total. The number of H-pyrrole nitrogens is 1. The quantitative estimate of drug-likeness (QED) is 0.552. The highest BCUT2D eigenvalue weighted by atomic mass is 19.3. The number of nitrogens with one attached hydrogen (secondary N) is 1. The van der Waals surface area contributed by atoms with Crippen molar-refractivity contribution in [2.24, 2.45) is 5.92 Å². The van der Waals surface area contributed by atoms with E-state index in [0.717, 1.165) is 44.7 Å². The summed E-state index contributed by atoms with van der Waals surface area (Å²) in [6.07, 6.45) is 7.20. The Morgan fingerprint density at radius 3 is 2.71 bits per heavy atom. The number of pyridine rings is 1. The van der Waals surface area contributed by atoms with Crippen LogP contribution in [-0.4, -0.2) is 30.8 Å². The molecule has 0 radical (unpaired) electrons. The van der Waals surface area contributed by atoms with Crippen molar-refractivity contribution in [3.8, 4) is 22.3 Å². The SMILES string of the molecule is Cc1noc(C)c1-c1cnc2c(-c3cn[nH]c3)cn(CC3CC(F)(F)C3)c2c1. The number of rotatable bonds is 4. The normalized spacial score (nSPS) is 16.6. The number of aryl methyl sites for hydroxylation is 2. The van der Waals surface area contributed by atoms with Crippen LogP contribution in [-0.2, 0) is 6.54 Å². The lowest BCUT2D eigenvalue weighted by Crippen LogP contribution is -2.37. The van der Waals surface area contributed by atoms with Crippen LogP contribution >= 0.6 is 0 Å². The molecule has 28 heavy (non-hydrogen) atoms. The highest BCUT2D eigenvalue weighted by Crippen LogP contribution is 2.44. The van der Waals surface area contributed by atoms with E-state index in [0.29, 0.717) is 6.54 Å². The molecule has 4 heterocycles. The maximum Gasteiger partial charge on any atom is 0.248 e. The number of fused-ring (bicyclic) bond motifs is 1. The van der Waals surface area contributed by atoms with E-state index in [1.807, 2.05) is 30.7 Å². The fourth-order valence-electron chi connectivity index (χ4n) is 4.15. The second-order valence-electron chi connectivity index (χ2n) is 7.60. The zero-order valence-corrected chi connectivity index (χ0v) is 15.5. The van der Waals surface area contributed by atoms with Crippen LogP contribution in [0, 0.1) is 19.8 Å². The molecule has 0 amide bonds. The van der Waals surface area contributed by atoms with E-state index in [-0.39, 0.29) is 18.8 Å². The molecule has 8 heteroatoms. The second kappa shape index (κ2) is 5.98. The predicted molar refractivity (Wildman–Crippen MR) is 100.0 cm³/mol. The van der Waals surface area contributed by atoms with Crippen molar-refractivity contribution in [1.82, 2.24) is 24.9 Å². The molecular weight excluding hydrogens is 364 g/mol. The third-order valence-corrected chi connectivity index (χ3v) is 5.48. The van der Waals surface area contributed by atoms with Crippen molar-refractivity contribution in [2.45, 2.75) is 39.2 Å². The molecule has 4 aromatic rings. The average molecular weight is 383 g/mol. The van der Waals surface area contributed by atoms with Crippen LogP contribution in [0.1, 0.15) is 24.3 Å². The van der Waals surface area contributed by atoms with E-state index >= 15 is 0 Å². The number of hydrogen-bond acceptors (Lipinski definition) is 4. The molecule has 6 nitrogen and oxygen atoms in total. The molecule has 1 aliphatic rings. The Morgan fingerprint density at radius 1 is 1.25 bits per heavy atom. The third-order valence-electron chi connectivity index (χ3n) is 5.48. The van der Waals surface area contributed by atoms with Crippen molar-refractivity contribution in [2.75, 3.05) is 0 Å². The maximum atomic E-state index is 13.3. The third kappa shape index (κ3) is 2.71. The number of halogens is 2. The molecule has 0 aliphatic heterocycles. The number of aromatic nitrogens is 5. The van der Waals surface area contributed by atoms with E-state index in [1.165, 1.54) is 0 Å². The molecule has 4 aromatic heterocycles. The zero-order chi connectivity index (χ0) is 19.5. The first-order valence-electron chi connectivity index (χ1n) is 9.20. The van der Waals surface area contributed by atoms with Gasteiger partial charge < -0.3 is 9.09 Å². The summed E-state index contributed by atoms with van der Waals surface area (Å²) >= 11 is 0. The number of aromatic amines is 1. The van der Waals surface area contributed by atoms with Gasteiger partial charge in [-0.1, -0.05) is 5.16 Å². The van der Waals surface area contributed by atoms with Crippen LogP contribution in [0.3, 0.4) is 0 Å². The monoisotopic (exact) mass is 383 g/mol. The molecule has 1 fully saturated rings. The first-order valence-corrected chi connectivity index (χ1v) is 9.20. The van der Waals surface area contributed by atoms with Gasteiger partial charge in [-0.3, -0.25) is 10.1 Å². The summed E-state index contributed by atoms with van der Waals surface area (Å²) in [6, 6.07) is 2.04. The minimum absolute atomic E-state index is 0.0366. The molecule has 0 atom stereocenters. The Labute approximate surface area is 159 Å². The minimum atomic E-state index is -2.53. The lowest BCUT2D eigenvalue weighted by Gasteiger charge is -2.35. The molecule has 0 bridgehead atoms. The van der Waals surface area contributed by atoms with Gasteiger partial charge in [0.05, 0.1) is 22.9 Å². The average Bonchev–Trinajstić information content (AvgIpc) is 3.33. The first kappa shape index (κ1) is 17.1. The van der Waals surface area contributed by atoms with Crippen molar-refractivity contribution < 1.29 is 13.3 Å². The largest absolute Gasteiger partial charge is 0.361 e. The zero-order valence-electron chi connectivity index (χ0n) is 15.5. The van der Waals surface area contributed by atoms with E-state index in [2.05, 4.69) is 15.4 Å². The van der Waals surface area contributed by atoms with Crippen molar-refractivity contribution >= 4 is 11.0 Å². The Bertz CT molecular complexity index is 1130. The minimum Gasteiger partial charge on any atom is -0.361 e. The van der Waals surface area contributed by atoms with E-state index in [4.69, 9.17) is 9.51 Å². The van der Waals surface area contributed by atoms with Gasteiger partial charge in [0.1, 0.15) is 5.76 Å². The Balaban J connectivity index is 1.63. The van der Waals surface area contributed by atoms with Crippen LogP contribution in [0.25, 0.3) is 33.3 Å². The summed E-state index contributed by atoms with van der Waals surface area (Å²) in [5.74, 6) is -1.84. The molecule has 144 valence electrons. The van der Waals surface area contributed by atoms with Gasteiger partial charge in [-0.2, -0.15) is 5.10 Å².